The Balaban J connectivity index is 3.64. The number of halogens is 2. The van der Waals surface area contributed by atoms with E-state index in [1.54, 1.807) is 0 Å². The van der Waals surface area contributed by atoms with E-state index in [-0.39, 0.29) is 0 Å². The quantitative estimate of drug-likeness (QED) is 0.590. The molecule has 0 aliphatic rings. The summed E-state index contributed by atoms with van der Waals surface area (Å²) in [5.74, 6) is -0.802. The summed E-state index contributed by atoms with van der Waals surface area (Å²) in [6.07, 6.45) is -3.28. The molecule has 0 aromatic carbocycles. The number of nitrogen functional groups attached to an aromatic ring is 1. The number of alkyl halides is 2. The van der Waals surface area contributed by atoms with Crippen LogP contribution in [0.4, 0.5) is 20.3 Å². The van der Waals surface area contributed by atoms with Crippen molar-refractivity contribution in [1.29, 1.82) is 0 Å². The zero-order valence-electron chi connectivity index (χ0n) is 8.00. The number of sulfonamides is 1. The molecular formula is C6H6F2N4O4S. The largest absolute Gasteiger partial charge is 0.378 e. The van der Waals surface area contributed by atoms with Gasteiger partial charge in [-0.3, -0.25) is 10.1 Å². The van der Waals surface area contributed by atoms with Gasteiger partial charge in [-0.25, -0.2) is 27.3 Å². The van der Waals surface area contributed by atoms with Crippen molar-refractivity contribution in [3.63, 3.8) is 0 Å². The lowest BCUT2D eigenvalue weighted by Crippen LogP contribution is -2.18. The minimum atomic E-state index is -4.54. The average molecular weight is 268 g/mol. The summed E-state index contributed by atoms with van der Waals surface area (Å²) in [6.45, 7) is 0. The van der Waals surface area contributed by atoms with E-state index in [4.69, 9.17) is 5.73 Å². The van der Waals surface area contributed by atoms with Gasteiger partial charge in [-0.15, -0.1) is 0 Å². The van der Waals surface area contributed by atoms with Crippen LogP contribution in [0.3, 0.4) is 0 Å². The van der Waals surface area contributed by atoms with Gasteiger partial charge in [0.25, 0.3) is 16.4 Å². The second-order valence-corrected chi connectivity index (χ2v) is 4.37. The van der Waals surface area contributed by atoms with Gasteiger partial charge < -0.3 is 5.73 Å². The molecule has 0 aliphatic heterocycles. The van der Waals surface area contributed by atoms with Crippen LogP contribution in [-0.2, 0) is 10.0 Å². The Kier molecular flexibility index (Phi) is 3.24. The number of anilines is 1. The maximum Gasteiger partial charge on any atom is 0.311 e. The molecule has 1 rings (SSSR count). The molecule has 0 amide bonds. The molecular weight excluding hydrogens is 262 g/mol. The van der Waals surface area contributed by atoms with Gasteiger partial charge in [0.05, 0.1) is 10.5 Å². The van der Waals surface area contributed by atoms with Crippen LogP contribution in [0.5, 0.6) is 0 Å². The molecule has 8 nitrogen and oxygen atoms in total. The number of aromatic nitrogens is 1. The minimum absolute atomic E-state index is 0.340. The summed E-state index contributed by atoms with van der Waals surface area (Å²) >= 11 is 0. The maximum atomic E-state index is 12.5. The molecule has 0 radical (unpaired) electrons. The van der Waals surface area contributed by atoms with Gasteiger partial charge in [-0.2, -0.15) is 0 Å². The van der Waals surface area contributed by atoms with Gasteiger partial charge in [0.1, 0.15) is 0 Å². The molecule has 0 unspecified atom stereocenters. The highest BCUT2D eigenvalue weighted by atomic mass is 32.2. The van der Waals surface area contributed by atoms with Crippen LogP contribution >= 0.6 is 0 Å². The van der Waals surface area contributed by atoms with Gasteiger partial charge in [0.2, 0.25) is 5.82 Å². The number of hydrogen-bond acceptors (Lipinski definition) is 6. The SMILES string of the molecule is Nc1nc(S(N)(=O)=O)c(C(F)F)cc1[N+](=O)[O-]. The molecule has 0 saturated heterocycles. The van der Waals surface area contributed by atoms with Crippen LogP contribution in [0.2, 0.25) is 0 Å². The Morgan fingerprint density at radius 3 is 2.35 bits per heavy atom. The third kappa shape index (κ3) is 2.62. The molecule has 0 aliphatic carbocycles. The lowest BCUT2D eigenvalue weighted by Gasteiger charge is -2.07. The van der Waals surface area contributed by atoms with Gasteiger partial charge in [0, 0.05) is 6.07 Å². The van der Waals surface area contributed by atoms with E-state index < -0.39 is 43.5 Å². The van der Waals surface area contributed by atoms with Gasteiger partial charge in [-0.1, -0.05) is 0 Å². The zero-order valence-corrected chi connectivity index (χ0v) is 8.82. The van der Waals surface area contributed by atoms with E-state index in [1.807, 2.05) is 0 Å². The molecule has 1 heterocycles. The summed E-state index contributed by atoms with van der Waals surface area (Å²) < 4.78 is 46.9. The number of nitro groups is 1. The van der Waals surface area contributed by atoms with E-state index in [0.717, 1.165) is 0 Å². The third-order valence-electron chi connectivity index (χ3n) is 1.72. The lowest BCUT2D eigenvalue weighted by molar-refractivity contribution is -0.384. The molecule has 0 fully saturated rings. The second-order valence-electron chi connectivity index (χ2n) is 2.89. The highest BCUT2D eigenvalue weighted by Gasteiger charge is 2.28. The number of rotatable bonds is 3. The monoisotopic (exact) mass is 268 g/mol. The molecule has 94 valence electrons. The standard InChI is InChI=1S/C6H6F2N4O4S/c7-4(8)2-1-3(12(13)14)5(9)11-6(2)17(10,15)16/h1,4H,(H2,9,11)(H2,10,15,16). The molecule has 0 atom stereocenters. The lowest BCUT2D eigenvalue weighted by atomic mass is 10.2. The van der Waals surface area contributed by atoms with E-state index in [9.17, 15) is 27.3 Å². The Bertz CT molecular complexity index is 574. The van der Waals surface area contributed by atoms with Crippen molar-refractivity contribution in [3.8, 4) is 0 Å². The van der Waals surface area contributed by atoms with Gasteiger partial charge >= 0.3 is 5.69 Å². The Labute approximate surface area is 93.4 Å². The summed E-state index contributed by atoms with van der Waals surface area (Å²) in [5.41, 5.74) is 3.00. The van der Waals surface area contributed by atoms with Crippen molar-refractivity contribution in [2.24, 2.45) is 5.14 Å². The molecule has 4 N–H and O–H groups in total. The Morgan fingerprint density at radius 1 is 1.47 bits per heavy atom. The number of pyridine rings is 1. The van der Waals surface area contributed by atoms with Crippen LogP contribution < -0.4 is 10.9 Å². The Morgan fingerprint density at radius 2 is 2.00 bits per heavy atom. The van der Waals surface area contributed by atoms with Crippen LogP contribution in [0.1, 0.15) is 12.0 Å². The molecule has 0 bridgehead atoms. The van der Waals surface area contributed by atoms with Crippen molar-refractivity contribution in [3.05, 3.63) is 21.7 Å². The fourth-order valence-electron chi connectivity index (χ4n) is 1.04. The number of nitrogens with zero attached hydrogens (tertiary/aromatic N) is 2. The van der Waals surface area contributed by atoms with Crippen LogP contribution in [0.25, 0.3) is 0 Å². The molecule has 1 aromatic heterocycles. The first kappa shape index (κ1) is 13.2. The van der Waals surface area contributed by atoms with Crippen LogP contribution in [0, 0.1) is 10.1 Å². The van der Waals surface area contributed by atoms with E-state index in [0.29, 0.717) is 6.07 Å². The van der Waals surface area contributed by atoms with Crippen molar-refractivity contribution in [2.45, 2.75) is 11.5 Å². The van der Waals surface area contributed by atoms with Crippen molar-refractivity contribution in [2.75, 3.05) is 5.73 Å². The highest BCUT2D eigenvalue weighted by molar-refractivity contribution is 7.89. The normalized spacial score (nSPS) is 11.8. The fourth-order valence-corrected chi connectivity index (χ4v) is 1.75. The number of hydrogen-bond donors (Lipinski definition) is 2. The number of nitrogens with two attached hydrogens (primary N) is 2. The Hall–Kier alpha value is -1.88. The van der Waals surface area contributed by atoms with E-state index in [1.165, 1.54) is 0 Å². The summed E-state index contributed by atoms with van der Waals surface area (Å²) in [7, 11) is -4.54. The van der Waals surface area contributed by atoms with Crippen molar-refractivity contribution >= 4 is 21.5 Å². The molecule has 11 heteroatoms. The molecule has 0 spiro atoms. The smallest absolute Gasteiger partial charge is 0.311 e. The predicted octanol–water partition coefficient (Wildman–Crippen LogP) is 0.157. The summed E-state index contributed by atoms with van der Waals surface area (Å²) in [6, 6.07) is 0.340. The highest BCUT2D eigenvalue weighted by Crippen LogP contribution is 2.30. The average Bonchev–Trinajstić information content (AvgIpc) is 2.14. The first-order valence-corrected chi connectivity index (χ1v) is 5.45. The zero-order chi connectivity index (χ0) is 13.4. The maximum absolute atomic E-state index is 12.5. The summed E-state index contributed by atoms with van der Waals surface area (Å²) in [4.78, 5) is 12.4. The van der Waals surface area contributed by atoms with E-state index in [2.05, 4.69) is 10.1 Å². The van der Waals surface area contributed by atoms with Crippen molar-refractivity contribution in [1.82, 2.24) is 4.98 Å². The fraction of sp³-hybridized carbons (Fsp3) is 0.167. The summed E-state index contributed by atoms with van der Waals surface area (Å²) in [5, 5.41) is 13.9. The first-order valence-electron chi connectivity index (χ1n) is 3.90. The first-order chi connectivity index (χ1) is 7.64. The van der Waals surface area contributed by atoms with Gasteiger partial charge in [0.15, 0.2) is 5.03 Å². The third-order valence-corrected chi connectivity index (χ3v) is 2.59. The number of primary sulfonamides is 1. The van der Waals surface area contributed by atoms with Crippen LogP contribution in [0.15, 0.2) is 11.1 Å². The topological polar surface area (TPSA) is 142 Å². The minimum Gasteiger partial charge on any atom is -0.378 e. The van der Waals surface area contributed by atoms with Crippen molar-refractivity contribution < 1.29 is 22.1 Å². The molecule has 1 aromatic rings. The van der Waals surface area contributed by atoms with E-state index >= 15 is 0 Å². The second kappa shape index (κ2) is 4.18. The predicted molar refractivity (Wildman–Crippen MR) is 51.6 cm³/mol. The molecule has 17 heavy (non-hydrogen) atoms. The molecule has 0 saturated carbocycles. The van der Waals surface area contributed by atoms with Crippen LogP contribution in [-0.4, -0.2) is 18.3 Å². The van der Waals surface area contributed by atoms with Gasteiger partial charge in [-0.05, 0) is 0 Å².